The van der Waals surface area contributed by atoms with Crippen molar-refractivity contribution in [3.63, 3.8) is 0 Å². The van der Waals surface area contributed by atoms with E-state index >= 15 is 0 Å². The van der Waals surface area contributed by atoms with E-state index in [1.54, 1.807) is 6.92 Å². The van der Waals surface area contributed by atoms with E-state index in [0.717, 1.165) is 37.2 Å². The summed E-state index contributed by atoms with van der Waals surface area (Å²) in [4.78, 5) is 11.1. The summed E-state index contributed by atoms with van der Waals surface area (Å²) < 4.78 is 5.71. The molecule has 1 heterocycles. The van der Waals surface area contributed by atoms with Crippen molar-refractivity contribution < 1.29 is 9.53 Å². The van der Waals surface area contributed by atoms with Crippen molar-refractivity contribution in [2.45, 2.75) is 32.3 Å². The van der Waals surface area contributed by atoms with Crippen LogP contribution in [-0.4, -0.2) is 24.5 Å². The summed E-state index contributed by atoms with van der Waals surface area (Å²) in [5.41, 5.74) is 1.74. The van der Waals surface area contributed by atoms with Gasteiger partial charge in [-0.3, -0.25) is 4.79 Å². The Balaban J connectivity index is 1.93. The number of anilines is 1. The summed E-state index contributed by atoms with van der Waals surface area (Å²) in [5.74, 6) is 0.0997. The van der Waals surface area contributed by atoms with E-state index in [2.05, 4.69) is 12.2 Å². The number of ether oxygens (including phenoxy) is 1. The highest BCUT2D eigenvalue weighted by atomic mass is 16.5. The number of Topliss-reactive ketones (excluding diaryl/α,β-unsaturated/α-hetero) is 1. The summed E-state index contributed by atoms with van der Waals surface area (Å²) in [6.45, 7) is 5.39. The summed E-state index contributed by atoms with van der Waals surface area (Å²) in [6.07, 6.45) is 2.24. The lowest BCUT2D eigenvalue weighted by Crippen LogP contribution is -2.32. The highest BCUT2D eigenvalue weighted by Crippen LogP contribution is 2.25. The van der Waals surface area contributed by atoms with Crippen LogP contribution in [0.2, 0.25) is 0 Å². The SMILES string of the molecule is CC(=O)c1ccc(NCC2(C)CCCO2)cc1. The van der Waals surface area contributed by atoms with Gasteiger partial charge in [0.15, 0.2) is 5.78 Å². The first-order chi connectivity index (χ1) is 8.09. The number of hydrogen-bond donors (Lipinski definition) is 1. The second-order valence-electron chi connectivity index (χ2n) is 4.89. The molecule has 3 heteroatoms. The third-order valence-corrected chi connectivity index (χ3v) is 3.26. The van der Waals surface area contributed by atoms with Gasteiger partial charge in [0.1, 0.15) is 0 Å². The summed E-state index contributed by atoms with van der Waals surface area (Å²) >= 11 is 0. The van der Waals surface area contributed by atoms with E-state index in [0.29, 0.717) is 0 Å². The van der Waals surface area contributed by atoms with Crippen LogP contribution < -0.4 is 5.32 Å². The number of rotatable bonds is 4. The molecule has 1 aromatic rings. The maximum absolute atomic E-state index is 11.1. The zero-order chi connectivity index (χ0) is 12.3. The van der Waals surface area contributed by atoms with Crippen molar-refractivity contribution >= 4 is 11.5 Å². The van der Waals surface area contributed by atoms with Crippen LogP contribution in [0.5, 0.6) is 0 Å². The molecule has 0 aromatic heterocycles. The normalized spacial score (nSPS) is 23.6. The first kappa shape index (κ1) is 12.1. The third-order valence-electron chi connectivity index (χ3n) is 3.26. The average molecular weight is 233 g/mol. The van der Waals surface area contributed by atoms with E-state index in [1.165, 1.54) is 0 Å². The predicted octanol–water partition coefficient (Wildman–Crippen LogP) is 2.87. The lowest BCUT2D eigenvalue weighted by atomic mass is 10.0. The van der Waals surface area contributed by atoms with Gasteiger partial charge in [-0.1, -0.05) is 0 Å². The molecule has 1 N–H and O–H groups in total. The van der Waals surface area contributed by atoms with E-state index < -0.39 is 0 Å². The highest BCUT2D eigenvalue weighted by molar-refractivity contribution is 5.94. The number of carbonyl (C=O) groups excluding carboxylic acids is 1. The monoisotopic (exact) mass is 233 g/mol. The van der Waals surface area contributed by atoms with Crippen LogP contribution in [0.15, 0.2) is 24.3 Å². The molecule has 17 heavy (non-hydrogen) atoms. The van der Waals surface area contributed by atoms with Crippen molar-refractivity contribution in [3.8, 4) is 0 Å². The molecule has 0 bridgehead atoms. The van der Waals surface area contributed by atoms with Gasteiger partial charge in [-0.05, 0) is 51.0 Å². The molecule has 0 saturated carbocycles. The topological polar surface area (TPSA) is 38.3 Å². The molecule has 1 unspecified atom stereocenters. The highest BCUT2D eigenvalue weighted by Gasteiger charge is 2.29. The van der Waals surface area contributed by atoms with Gasteiger partial charge >= 0.3 is 0 Å². The standard InChI is InChI=1S/C14H19NO2/c1-11(16)12-4-6-13(7-5-12)15-10-14(2)8-3-9-17-14/h4-7,15H,3,8-10H2,1-2H3. The van der Waals surface area contributed by atoms with E-state index in [1.807, 2.05) is 24.3 Å². The largest absolute Gasteiger partial charge is 0.382 e. The van der Waals surface area contributed by atoms with E-state index in [-0.39, 0.29) is 11.4 Å². The molecule has 0 aliphatic carbocycles. The lowest BCUT2D eigenvalue weighted by molar-refractivity contribution is 0.0315. The summed E-state index contributed by atoms with van der Waals surface area (Å²) in [6, 6.07) is 7.58. The van der Waals surface area contributed by atoms with Crippen LogP contribution in [0.4, 0.5) is 5.69 Å². The number of ketones is 1. The Bertz CT molecular complexity index is 391. The fourth-order valence-electron chi connectivity index (χ4n) is 2.09. The Morgan fingerprint density at radius 2 is 2.12 bits per heavy atom. The minimum atomic E-state index is -0.0424. The van der Waals surface area contributed by atoms with Crippen LogP contribution in [0, 0.1) is 0 Å². The smallest absolute Gasteiger partial charge is 0.159 e. The molecule has 2 rings (SSSR count). The van der Waals surface area contributed by atoms with Crippen molar-refractivity contribution in [1.82, 2.24) is 0 Å². The Labute approximate surface area is 102 Å². The van der Waals surface area contributed by atoms with Crippen LogP contribution in [-0.2, 0) is 4.74 Å². The number of carbonyl (C=O) groups is 1. The maximum atomic E-state index is 11.1. The quantitative estimate of drug-likeness (QED) is 0.813. The maximum Gasteiger partial charge on any atom is 0.159 e. The molecule has 0 amide bonds. The van der Waals surface area contributed by atoms with Crippen molar-refractivity contribution in [2.24, 2.45) is 0 Å². The van der Waals surface area contributed by atoms with Gasteiger partial charge in [-0.15, -0.1) is 0 Å². The molecule has 0 spiro atoms. The first-order valence-corrected chi connectivity index (χ1v) is 6.08. The molecular weight excluding hydrogens is 214 g/mol. The van der Waals surface area contributed by atoms with Gasteiger partial charge in [0.25, 0.3) is 0 Å². The number of nitrogens with one attached hydrogen (secondary N) is 1. The van der Waals surface area contributed by atoms with Gasteiger partial charge in [0, 0.05) is 24.4 Å². The molecule has 1 aromatic carbocycles. The van der Waals surface area contributed by atoms with E-state index in [4.69, 9.17) is 4.74 Å². The number of benzene rings is 1. The number of hydrogen-bond acceptors (Lipinski definition) is 3. The van der Waals surface area contributed by atoms with Crippen LogP contribution in [0.25, 0.3) is 0 Å². The molecule has 3 nitrogen and oxygen atoms in total. The summed E-state index contributed by atoms with van der Waals surface area (Å²) in [5, 5.41) is 3.36. The predicted molar refractivity (Wildman–Crippen MR) is 68.5 cm³/mol. The van der Waals surface area contributed by atoms with Gasteiger partial charge in [0.2, 0.25) is 0 Å². The summed E-state index contributed by atoms with van der Waals surface area (Å²) in [7, 11) is 0. The Hall–Kier alpha value is -1.35. The van der Waals surface area contributed by atoms with Crippen LogP contribution >= 0.6 is 0 Å². The molecule has 1 fully saturated rings. The zero-order valence-corrected chi connectivity index (χ0v) is 10.5. The van der Waals surface area contributed by atoms with Crippen LogP contribution in [0.3, 0.4) is 0 Å². The van der Waals surface area contributed by atoms with Gasteiger partial charge in [0.05, 0.1) is 5.60 Å². The zero-order valence-electron chi connectivity index (χ0n) is 10.5. The molecule has 0 radical (unpaired) electrons. The fourth-order valence-corrected chi connectivity index (χ4v) is 2.09. The third kappa shape index (κ3) is 3.07. The molecule has 1 aliphatic heterocycles. The second kappa shape index (κ2) is 4.88. The van der Waals surface area contributed by atoms with E-state index in [9.17, 15) is 4.79 Å². The molecule has 1 saturated heterocycles. The van der Waals surface area contributed by atoms with Gasteiger partial charge in [-0.25, -0.2) is 0 Å². The Morgan fingerprint density at radius 3 is 2.65 bits per heavy atom. The minimum Gasteiger partial charge on any atom is -0.382 e. The molecular formula is C14H19NO2. The van der Waals surface area contributed by atoms with Crippen molar-refractivity contribution in [2.75, 3.05) is 18.5 Å². The second-order valence-corrected chi connectivity index (χ2v) is 4.89. The van der Waals surface area contributed by atoms with Crippen molar-refractivity contribution in [1.29, 1.82) is 0 Å². The first-order valence-electron chi connectivity index (χ1n) is 6.08. The minimum absolute atomic E-state index is 0.0424. The Kier molecular flexibility index (Phi) is 3.48. The van der Waals surface area contributed by atoms with Crippen molar-refractivity contribution in [3.05, 3.63) is 29.8 Å². The average Bonchev–Trinajstić information content (AvgIpc) is 2.75. The van der Waals surface area contributed by atoms with Gasteiger partial charge in [-0.2, -0.15) is 0 Å². The Morgan fingerprint density at radius 1 is 1.41 bits per heavy atom. The fraction of sp³-hybridized carbons (Fsp3) is 0.500. The molecule has 1 atom stereocenters. The lowest BCUT2D eigenvalue weighted by Gasteiger charge is -2.24. The molecule has 92 valence electrons. The van der Waals surface area contributed by atoms with Gasteiger partial charge < -0.3 is 10.1 Å². The van der Waals surface area contributed by atoms with Crippen LogP contribution in [0.1, 0.15) is 37.0 Å². The molecule has 1 aliphatic rings.